The normalized spacial score (nSPS) is 21.5. The zero-order valence-electron chi connectivity index (χ0n) is 12.9. The van der Waals surface area contributed by atoms with Gasteiger partial charge in [-0.1, -0.05) is 23.7 Å². The second kappa shape index (κ2) is 6.20. The third-order valence-corrected chi connectivity index (χ3v) is 4.57. The summed E-state index contributed by atoms with van der Waals surface area (Å²) in [7, 11) is 1.62. The zero-order valence-corrected chi connectivity index (χ0v) is 13.6. The van der Waals surface area contributed by atoms with E-state index in [4.69, 9.17) is 11.6 Å². The van der Waals surface area contributed by atoms with E-state index in [2.05, 4.69) is 0 Å². The Balaban J connectivity index is 1.69. The van der Waals surface area contributed by atoms with Crippen molar-refractivity contribution in [1.82, 2.24) is 14.7 Å². The Labute approximate surface area is 139 Å². The van der Waals surface area contributed by atoms with Gasteiger partial charge in [-0.3, -0.25) is 14.4 Å². The molecule has 1 atom stereocenters. The van der Waals surface area contributed by atoms with E-state index in [1.54, 1.807) is 35.0 Å². The van der Waals surface area contributed by atoms with E-state index in [0.717, 1.165) is 5.56 Å². The lowest BCUT2D eigenvalue weighted by Crippen LogP contribution is -2.66. The number of piperazine rings is 2. The van der Waals surface area contributed by atoms with Crippen molar-refractivity contribution in [3.8, 4) is 0 Å². The molecule has 3 rings (SSSR count). The number of halogens is 1. The second-order valence-corrected chi connectivity index (χ2v) is 6.38. The molecule has 0 N–H and O–H groups in total. The third-order valence-electron chi connectivity index (χ3n) is 4.33. The zero-order chi connectivity index (χ0) is 16.6. The van der Waals surface area contributed by atoms with Crippen molar-refractivity contribution in [3.05, 3.63) is 34.9 Å². The maximum atomic E-state index is 12.5. The molecular formula is C16H18ClN3O3. The second-order valence-electron chi connectivity index (χ2n) is 5.94. The van der Waals surface area contributed by atoms with E-state index in [1.807, 2.05) is 6.07 Å². The molecule has 2 fully saturated rings. The Morgan fingerprint density at radius 2 is 2.09 bits per heavy atom. The van der Waals surface area contributed by atoms with Crippen molar-refractivity contribution < 1.29 is 14.4 Å². The Morgan fingerprint density at radius 3 is 2.83 bits per heavy atom. The highest BCUT2D eigenvalue weighted by Gasteiger charge is 2.42. The Kier molecular flexibility index (Phi) is 4.26. The smallest absolute Gasteiger partial charge is 0.247 e. The van der Waals surface area contributed by atoms with Gasteiger partial charge in [-0.05, 0) is 17.7 Å². The minimum Gasteiger partial charge on any atom is -0.338 e. The fraction of sp³-hybridized carbons (Fsp3) is 0.438. The van der Waals surface area contributed by atoms with Crippen molar-refractivity contribution >= 4 is 29.3 Å². The van der Waals surface area contributed by atoms with Crippen LogP contribution in [0.15, 0.2) is 24.3 Å². The molecule has 3 amide bonds. The van der Waals surface area contributed by atoms with Crippen LogP contribution >= 0.6 is 11.6 Å². The summed E-state index contributed by atoms with van der Waals surface area (Å²) in [4.78, 5) is 41.4. The molecule has 0 saturated carbocycles. The summed E-state index contributed by atoms with van der Waals surface area (Å²) < 4.78 is 0. The fourth-order valence-corrected chi connectivity index (χ4v) is 3.29. The lowest BCUT2D eigenvalue weighted by molar-refractivity contribution is -0.160. The van der Waals surface area contributed by atoms with Gasteiger partial charge in [-0.2, -0.15) is 0 Å². The minimum atomic E-state index is -0.557. The van der Waals surface area contributed by atoms with E-state index in [9.17, 15) is 14.4 Å². The van der Waals surface area contributed by atoms with Crippen LogP contribution in [0.4, 0.5) is 0 Å². The minimum absolute atomic E-state index is 0.0552. The first-order valence-corrected chi connectivity index (χ1v) is 7.90. The molecule has 1 aromatic carbocycles. The number of amides is 3. The van der Waals surface area contributed by atoms with Crippen LogP contribution < -0.4 is 0 Å². The summed E-state index contributed by atoms with van der Waals surface area (Å²) in [5, 5.41) is 0.592. The highest BCUT2D eigenvalue weighted by Crippen LogP contribution is 2.18. The molecular weight excluding hydrogens is 318 g/mol. The predicted molar refractivity (Wildman–Crippen MR) is 84.9 cm³/mol. The van der Waals surface area contributed by atoms with E-state index in [-0.39, 0.29) is 37.2 Å². The van der Waals surface area contributed by atoms with E-state index < -0.39 is 6.04 Å². The first-order chi connectivity index (χ1) is 11.0. The molecule has 1 aromatic rings. The Morgan fingerprint density at radius 1 is 1.30 bits per heavy atom. The van der Waals surface area contributed by atoms with Crippen molar-refractivity contribution in [2.75, 3.05) is 33.2 Å². The first kappa shape index (κ1) is 15.8. The SMILES string of the molecule is CN1CC(=O)N2CCN(C(=O)Cc3cccc(Cl)c3)C[C@H]2C1=O. The Bertz CT molecular complexity index is 664. The number of carbonyl (C=O) groups excluding carboxylic acids is 3. The summed E-state index contributed by atoms with van der Waals surface area (Å²) in [5.74, 6) is -0.218. The van der Waals surface area contributed by atoms with Crippen molar-refractivity contribution in [2.24, 2.45) is 0 Å². The van der Waals surface area contributed by atoms with Crippen LogP contribution in [0.2, 0.25) is 5.02 Å². The fourth-order valence-electron chi connectivity index (χ4n) is 3.08. The number of fused-ring (bicyclic) bond motifs is 1. The molecule has 0 bridgehead atoms. The van der Waals surface area contributed by atoms with Gasteiger partial charge in [-0.25, -0.2) is 0 Å². The summed E-state index contributed by atoms with van der Waals surface area (Å²) in [5.41, 5.74) is 0.841. The van der Waals surface area contributed by atoms with Gasteiger partial charge in [0.2, 0.25) is 17.7 Å². The van der Waals surface area contributed by atoms with Crippen molar-refractivity contribution in [3.63, 3.8) is 0 Å². The monoisotopic (exact) mass is 335 g/mol. The van der Waals surface area contributed by atoms with Crippen LogP contribution in [-0.2, 0) is 20.8 Å². The average molecular weight is 336 g/mol. The van der Waals surface area contributed by atoms with Crippen LogP contribution in [0.5, 0.6) is 0 Å². The molecule has 6 nitrogen and oxygen atoms in total. The molecule has 2 aliphatic rings. The van der Waals surface area contributed by atoms with Crippen LogP contribution in [-0.4, -0.2) is 71.7 Å². The van der Waals surface area contributed by atoms with Crippen LogP contribution in [0, 0.1) is 0 Å². The highest BCUT2D eigenvalue weighted by atomic mass is 35.5. The van der Waals surface area contributed by atoms with Crippen LogP contribution in [0.25, 0.3) is 0 Å². The molecule has 122 valence electrons. The number of likely N-dealkylation sites (N-methyl/N-ethyl adjacent to an activating group) is 1. The van der Waals surface area contributed by atoms with Crippen molar-refractivity contribution in [1.29, 1.82) is 0 Å². The lowest BCUT2D eigenvalue weighted by Gasteiger charge is -2.45. The molecule has 0 unspecified atom stereocenters. The molecule has 2 saturated heterocycles. The summed E-state index contributed by atoms with van der Waals surface area (Å²) in [6.45, 7) is 1.24. The standard InChI is InChI=1S/C16H18ClN3O3/c1-18-10-15(22)20-6-5-19(9-13(20)16(18)23)14(21)8-11-3-2-4-12(17)7-11/h2-4,7,13H,5-6,8-10H2,1H3/t13-/m0/s1. The maximum Gasteiger partial charge on any atom is 0.247 e. The van der Waals surface area contributed by atoms with E-state index >= 15 is 0 Å². The average Bonchev–Trinajstić information content (AvgIpc) is 2.52. The first-order valence-electron chi connectivity index (χ1n) is 7.52. The number of carbonyl (C=O) groups is 3. The van der Waals surface area contributed by atoms with E-state index in [1.165, 1.54) is 4.90 Å². The molecule has 0 aromatic heterocycles. The molecule has 23 heavy (non-hydrogen) atoms. The van der Waals surface area contributed by atoms with Crippen LogP contribution in [0.1, 0.15) is 5.56 Å². The van der Waals surface area contributed by atoms with Gasteiger partial charge >= 0.3 is 0 Å². The Hall–Kier alpha value is -2.08. The van der Waals surface area contributed by atoms with Crippen LogP contribution in [0.3, 0.4) is 0 Å². The third kappa shape index (κ3) is 3.17. The van der Waals surface area contributed by atoms with Gasteiger partial charge in [0.1, 0.15) is 6.04 Å². The highest BCUT2D eigenvalue weighted by molar-refractivity contribution is 6.30. The molecule has 7 heteroatoms. The van der Waals surface area contributed by atoms with Crippen molar-refractivity contribution in [2.45, 2.75) is 12.5 Å². The van der Waals surface area contributed by atoms with Gasteiger partial charge in [0.25, 0.3) is 0 Å². The largest absolute Gasteiger partial charge is 0.338 e. The van der Waals surface area contributed by atoms with E-state index in [0.29, 0.717) is 18.1 Å². The summed E-state index contributed by atoms with van der Waals surface area (Å²) >= 11 is 5.94. The van der Waals surface area contributed by atoms with Gasteiger partial charge < -0.3 is 14.7 Å². The van der Waals surface area contributed by atoms with Gasteiger partial charge in [0.05, 0.1) is 19.5 Å². The van der Waals surface area contributed by atoms with Gasteiger partial charge in [-0.15, -0.1) is 0 Å². The van der Waals surface area contributed by atoms with Gasteiger partial charge in [0.15, 0.2) is 0 Å². The lowest BCUT2D eigenvalue weighted by atomic mass is 10.1. The number of benzene rings is 1. The molecule has 2 heterocycles. The maximum absolute atomic E-state index is 12.5. The molecule has 0 spiro atoms. The number of nitrogens with zero attached hydrogens (tertiary/aromatic N) is 3. The number of hydrogen-bond acceptors (Lipinski definition) is 3. The summed E-state index contributed by atoms with van der Waals surface area (Å²) in [6.07, 6.45) is 0.241. The molecule has 2 aliphatic heterocycles. The quantitative estimate of drug-likeness (QED) is 0.785. The molecule has 0 aliphatic carbocycles. The number of rotatable bonds is 2. The molecule has 0 radical (unpaired) electrons. The summed E-state index contributed by atoms with van der Waals surface area (Å²) in [6, 6.07) is 6.62. The predicted octanol–water partition coefficient (Wildman–Crippen LogP) is 0.394. The number of hydrogen-bond donors (Lipinski definition) is 0. The topological polar surface area (TPSA) is 60.9 Å². The van der Waals surface area contributed by atoms with Gasteiger partial charge in [0, 0.05) is 25.2 Å².